The maximum absolute atomic E-state index is 13.2. The van der Waals surface area contributed by atoms with Crippen LogP contribution in [0.25, 0.3) is 0 Å². The van der Waals surface area contributed by atoms with Crippen LogP contribution in [-0.2, 0) is 9.59 Å². The van der Waals surface area contributed by atoms with Gasteiger partial charge < -0.3 is 10.6 Å². The van der Waals surface area contributed by atoms with E-state index in [0.717, 1.165) is 19.4 Å². The molecule has 1 unspecified atom stereocenters. The Balaban J connectivity index is 1.51. The zero-order chi connectivity index (χ0) is 19.2. The number of rotatable bonds is 5. The molecule has 1 aromatic heterocycles. The number of pyridine rings is 1. The van der Waals surface area contributed by atoms with Crippen molar-refractivity contribution in [1.82, 2.24) is 9.88 Å². The van der Waals surface area contributed by atoms with Crippen LogP contribution in [0.4, 0.5) is 15.9 Å². The lowest BCUT2D eigenvalue weighted by Gasteiger charge is -2.31. The van der Waals surface area contributed by atoms with Gasteiger partial charge in [-0.05, 0) is 49.7 Å². The summed E-state index contributed by atoms with van der Waals surface area (Å²) in [4.78, 5) is 30.6. The molecule has 2 amide bonds. The molecule has 2 N–H and O–H groups in total. The van der Waals surface area contributed by atoms with Crippen molar-refractivity contribution in [2.75, 3.05) is 30.3 Å². The number of piperidine rings is 1. The van der Waals surface area contributed by atoms with Crippen LogP contribution in [0.3, 0.4) is 0 Å². The van der Waals surface area contributed by atoms with Gasteiger partial charge in [0.25, 0.3) is 0 Å². The summed E-state index contributed by atoms with van der Waals surface area (Å²) in [5.74, 6) is -0.539. The lowest BCUT2D eigenvalue weighted by Crippen LogP contribution is -2.44. The number of benzene rings is 1. The van der Waals surface area contributed by atoms with Gasteiger partial charge in [-0.1, -0.05) is 17.7 Å². The van der Waals surface area contributed by atoms with E-state index in [-0.39, 0.29) is 24.3 Å². The first-order valence-electron chi connectivity index (χ1n) is 8.70. The molecule has 3 rings (SSSR count). The van der Waals surface area contributed by atoms with E-state index >= 15 is 0 Å². The normalized spacial score (nSPS) is 17.3. The zero-order valence-electron chi connectivity index (χ0n) is 14.6. The van der Waals surface area contributed by atoms with Crippen LogP contribution in [0.15, 0.2) is 42.6 Å². The molecule has 2 aromatic rings. The monoisotopic (exact) mass is 390 g/mol. The number of nitrogens with one attached hydrogen (secondary N) is 2. The fraction of sp³-hybridized carbons (Fsp3) is 0.316. The molecular formula is C19H20ClFN4O2. The average molecular weight is 391 g/mol. The van der Waals surface area contributed by atoms with E-state index in [1.165, 1.54) is 24.4 Å². The molecule has 8 heteroatoms. The SMILES string of the molecule is O=C(CN1CCCC(C(=O)Nc2ccc(Cl)cn2)C1)Nc1cccc(F)c1. The summed E-state index contributed by atoms with van der Waals surface area (Å²) in [6, 6.07) is 9.06. The third-order valence-electron chi connectivity index (χ3n) is 4.33. The van der Waals surface area contributed by atoms with Crippen molar-refractivity contribution in [3.63, 3.8) is 0 Å². The number of likely N-dealkylation sites (tertiary alicyclic amines) is 1. The summed E-state index contributed by atoms with van der Waals surface area (Å²) in [5, 5.41) is 5.96. The van der Waals surface area contributed by atoms with Crippen molar-refractivity contribution in [1.29, 1.82) is 0 Å². The molecule has 6 nitrogen and oxygen atoms in total. The fourth-order valence-corrected chi connectivity index (χ4v) is 3.17. The number of aromatic nitrogens is 1. The van der Waals surface area contributed by atoms with Crippen molar-refractivity contribution in [2.45, 2.75) is 12.8 Å². The predicted molar refractivity (Wildman–Crippen MR) is 102 cm³/mol. The number of nitrogens with zero attached hydrogens (tertiary/aromatic N) is 2. The minimum atomic E-state index is -0.404. The molecule has 27 heavy (non-hydrogen) atoms. The van der Waals surface area contributed by atoms with Crippen LogP contribution in [0.2, 0.25) is 5.02 Å². The highest BCUT2D eigenvalue weighted by molar-refractivity contribution is 6.30. The molecule has 2 heterocycles. The third-order valence-corrected chi connectivity index (χ3v) is 4.55. The van der Waals surface area contributed by atoms with Gasteiger partial charge in [-0.25, -0.2) is 9.37 Å². The second-order valence-electron chi connectivity index (χ2n) is 6.48. The summed E-state index contributed by atoms with van der Waals surface area (Å²) in [7, 11) is 0. The molecule has 1 atom stereocenters. The van der Waals surface area contributed by atoms with E-state index in [4.69, 9.17) is 11.6 Å². The fourth-order valence-electron chi connectivity index (χ4n) is 3.06. The van der Waals surface area contributed by atoms with E-state index in [0.29, 0.717) is 23.1 Å². The van der Waals surface area contributed by atoms with Crippen LogP contribution >= 0.6 is 11.6 Å². The molecule has 1 aliphatic rings. The molecule has 1 fully saturated rings. The summed E-state index contributed by atoms with van der Waals surface area (Å²) in [5.41, 5.74) is 0.417. The Morgan fingerprint density at radius 3 is 2.85 bits per heavy atom. The maximum atomic E-state index is 13.2. The predicted octanol–water partition coefficient (Wildman–Crippen LogP) is 3.16. The number of carbonyl (C=O) groups is 2. The topological polar surface area (TPSA) is 74.3 Å². The Hall–Kier alpha value is -2.51. The summed E-state index contributed by atoms with van der Waals surface area (Å²) in [6.45, 7) is 1.37. The van der Waals surface area contributed by atoms with Crippen molar-refractivity contribution in [2.24, 2.45) is 5.92 Å². The summed E-state index contributed by atoms with van der Waals surface area (Å²) < 4.78 is 13.2. The Morgan fingerprint density at radius 2 is 2.11 bits per heavy atom. The second kappa shape index (κ2) is 8.92. The largest absolute Gasteiger partial charge is 0.325 e. The smallest absolute Gasteiger partial charge is 0.238 e. The van der Waals surface area contributed by atoms with E-state index in [1.807, 2.05) is 4.90 Å². The molecule has 0 spiro atoms. The Bertz CT molecular complexity index is 816. The van der Waals surface area contributed by atoms with Crippen LogP contribution in [0, 0.1) is 11.7 Å². The van der Waals surface area contributed by atoms with Gasteiger partial charge in [0.1, 0.15) is 11.6 Å². The first kappa shape index (κ1) is 19.3. The summed E-state index contributed by atoms with van der Waals surface area (Å²) >= 11 is 5.79. The van der Waals surface area contributed by atoms with Gasteiger partial charge >= 0.3 is 0 Å². The van der Waals surface area contributed by atoms with E-state index in [9.17, 15) is 14.0 Å². The van der Waals surface area contributed by atoms with Crippen LogP contribution in [0.1, 0.15) is 12.8 Å². The van der Waals surface area contributed by atoms with Crippen molar-refractivity contribution in [3.8, 4) is 0 Å². The lowest BCUT2D eigenvalue weighted by atomic mass is 9.97. The van der Waals surface area contributed by atoms with Crippen LogP contribution in [0.5, 0.6) is 0 Å². The molecule has 1 aromatic carbocycles. The van der Waals surface area contributed by atoms with Gasteiger partial charge in [-0.3, -0.25) is 14.5 Å². The number of hydrogen-bond acceptors (Lipinski definition) is 4. The number of hydrogen-bond donors (Lipinski definition) is 2. The first-order chi connectivity index (χ1) is 13.0. The minimum absolute atomic E-state index is 0.125. The molecule has 0 radical (unpaired) electrons. The van der Waals surface area contributed by atoms with Gasteiger partial charge in [-0.2, -0.15) is 0 Å². The third kappa shape index (κ3) is 5.74. The standard InChI is InChI=1S/C19H20ClFN4O2/c20-14-6-7-17(22-10-14)24-19(27)13-3-2-8-25(11-13)12-18(26)23-16-5-1-4-15(21)9-16/h1,4-7,9-10,13H,2-3,8,11-12H2,(H,23,26)(H,22,24,27). The van der Waals surface area contributed by atoms with Gasteiger partial charge in [-0.15, -0.1) is 0 Å². The molecular weight excluding hydrogens is 371 g/mol. The zero-order valence-corrected chi connectivity index (χ0v) is 15.4. The van der Waals surface area contributed by atoms with Crippen molar-refractivity contribution < 1.29 is 14.0 Å². The number of halogens is 2. The maximum Gasteiger partial charge on any atom is 0.238 e. The molecule has 1 saturated heterocycles. The van der Waals surface area contributed by atoms with Gasteiger partial charge in [0.15, 0.2) is 0 Å². The molecule has 1 aliphatic heterocycles. The molecule has 0 saturated carbocycles. The van der Waals surface area contributed by atoms with E-state index < -0.39 is 5.82 Å². The van der Waals surface area contributed by atoms with Gasteiger partial charge in [0, 0.05) is 18.4 Å². The Morgan fingerprint density at radius 1 is 1.26 bits per heavy atom. The highest BCUT2D eigenvalue weighted by Gasteiger charge is 2.27. The van der Waals surface area contributed by atoms with E-state index in [1.54, 1.807) is 18.2 Å². The summed E-state index contributed by atoms with van der Waals surface area (Å²) in [6.07, 6.45) is 3.04. The quantitative estimate of drug-likeness (QED) is 0.822. The van der Waals surface area contributed by atoms with Gasteiger partial charge in [0.05, 0.1) is 17.5 Å². The van der Waals surface area contributed by atoms with Crippen LogP contribution in [-0.4, -0.2) is 41.3 Å². The Kier molecular flexibility index (Phi) is 6.36. The first-order valence-corrected chi connectivity index (χ1v) is 9.07. The molecule has 142 valence electrons. The van der Waals surface area contributed by atoms with E-state index in [2.05, 4.69) is 15.6 Å². The lowest BCUT2D eigenvalue weighted by molar-refractivity contribution is -0.123. The highest BCUT2D eigenvalue weighted by atomic mass is 35.5. The van der Waals surface area contributed by atoms with Crippen molar-refractivity contribution in [3.05, 3.63) is 53.4 Å². The molecule has 0 aliphatic carbocycles. The second-order valence-corrected chi connectivity index (χ2v) is 6.92. The number of amides is 2. The van der Waals surface area contributed by atoms with Crippen molar-refractivity contribution >= 4 is 34.9 Å². The average Bonchev–Trinajstić information content (AvgIpc) is 2.63. The highest BCUT2D eigenvalue weighted by Crippen LogP contribution is 2.19. The van der Waals surface area contributed by atoms with Crippen LogP contribution < -0.4 is 10.6 Å². The number of anilines is 2. The van der Waals surface area contributed by atoms with Gasteiger partial charge in [0.2, 0.25) is 11.8 Å². The molecule has 0 bridgehead atoms. The minimum Gasteiger partial charge on any atom is -0.325 e. The number of carbonyl (C=O) groups excluding carboxylic acids is 2. The Labute approximate surface area is 161 Å².